The topological polar surface area (TPSA) is 89.1 Å². The van der Waals surface area contributed by atoms with Gasteiger partial charge in [-0.05, 0) is 17.9 Å². The molecule has 0 amide bonds. The van der Waals surface area contributed by atoms with E-state index in [1.54, 1.807) is 23.9 Å². The van der Waals surface area contributed by atoms with Gasteiger partial charge in [-0.15, -0.1) is 22.7 Å². The molecule has 0 saturated heterocycles. The van der Waals surface area contributed by atoms with E-state index < -0.39 is 0 Å². The zero-order valence-electron chi connectivity index (χ0n) is 14.8. The van der Waals surface area contributed by atoms with Gasteiger partial charge in [0.1, 0.15) is 16.2 Å². The highest BCUT2D eigenvalue weighted by Crippen LogP contribution is 2.35. The lowest BCUT2D eigenvalue weighted by molar-refractivity contribution is 0.604. The quantitative estimate of drug-likeness (QED) is 0.513. The molecule has 3 rings (SSSR count). The Labute approximate surface area is 155 Å². The summed E-state index contributed by atoms with van der Waals surface area (Å²) >= 11 is 3.22. The number of hydrogen-bond acceptors (Lipinski definition) is 8. The molecule has 25 heavy (non-hydrogen) atoms. The van der Waals surface area contributed by atoms with Gasteiger partial charge in [0.2, 0.25) is 0 Å². The van der Waals surface area contributed by atoms with Crippen LogP contribution in [0.5, 0.6) is 0 Å². The lowest BCUT2D eigenvalue weighted by atomic mass is 9.94. The number of rotatable bonds is 5. The molecular weight excluding hydrogens is 352 g/mol. The van der Waals surface area contributed by atoms with Crippen molar-refractivity contribution in [1.82, 2.24) is 15.0 Å². The van der Waals surface area contributed by atoms with E-state index in [4.69, 9.17) is 5.73 Å². The van der Waals surface area contributed by atoms with Crippen molar-refractivity contribution in [2.75, 3.05) is 5.43 Å². The van der Waals surface area contributed by atoms with Crippen LogP contribution in [0, 0.1) is 0 Å². The normalized spacial score (nSPS) is 13.6. The molecule has 0 aliphatic heterocycles. The molecule has 3 N–H and O–H groups in total. The Balaban J connectivity index is 1.79. The van der Waals surface area contributed by atoms with Crippen LogP contribution in [0.25, 0.3) is 10.2 Å². The van der Waals surface area contributed by atoms with E-state index >= 15 is 0 Å². The first-order valence-electron chi connectivity index (χ1n) is 8.13. The van der Waals surface area contributed by atoms with E-state index in [-0.39, 0.29) is 11.5 Å². The van der Waals surface area contributed by atoms with Gasteiger partial charge in [-0.3, -0.25) is 5.43 Å². The molecule has 0 aromatic carbocycles. The summed E-state index contributed by atoms with van der Waals surface area (Å²) in [4.78, 5) is 15.4. The Kier molecular flexibility index (Phi) is 5.12. The number of anilines is 1. The highest BCUT2D eigenvalue weighted by atomic mass is 32.1. The van der Waals surface area contributed by atoms with Crippen molar-refractivity contribution in [1.29, 1.82) is 0 Å². The maximum Gasteiger partial charge on any atom is 0.158 e. The van der Waals surface area contributed by atoms with E-state index in [0.717, 1.165) is 27.3 Å². The van der Waals surface area contributed by atoms with Crippen LogP contribution >= 0.6 is 22.7 Å². The van der Waals surface area contributed by atoms with Crippen LogP contribution < -0.4 is 11.2 Å². The van der Waals surface area contributed by atoms with Crippen LogP contribution in [0.3, 0.4) is 0 Å². The van der Waals surface area contributed by atoms with Crippen molar-refractivity contribution in [3.05, 3.63) is 33.4 Å². The molecule has 0 saturated carbocycles. The first-order valence-corrected chi connectivity index (χ1v) is 9.83. The monoisotopic (exact) mass is 374 g/mol. The Hall–Kier alpha value is -1.90. The Morgan fingerprint density at radius 1 is 1.36 bits per heavy atom. The molecule has 0 aliphatic rings. The average molecular weight is 375 g/mol. The number of fused-ring (bicyclic) bond motifs is 1. The largest absolute Gasteiger partial charge is 0.323 e. The summed E-state index contributed by atoms with van der Waals surface area (Å²) in [5.41, 5.74) is 10.0. The first-order chi connectivity index (χ1) is 11.9. The molecule has 0 spiro atoms. The molecule has 1 unspecified atom stereocenters. The molecule has 0 fully saturated rings. The summed E-state index contributed by atoms with van der Waals surface area (Å²) in [5, 5.41) is 8.06. The lowest BCUT2D eigenvalue weighted by Crippen LogP contribution is -2.08. The molecule has 3 aromatic heterocycles. The molecule has 0 bridgehead atoms. The summed E-state index contributed by atoms with van der Waals surface area (Å²) in [5.74, 6) is 0.704. The zero-order valence-corrected chi connectivity index (χ0v) is 16.4. The number of nitrogens with two attached hydrogens (primary N) is 1. The van der Waals surface area contributed by atoms with E-state index in [0.29, 0.717) is 5.82 Å². The number of nitrogens with one attached hydrogen (secondary N) is 1. The van der Waals surface area contributed by atoms with Gasteiger partial charge < -0.3 is 5.73 Å². The maximum absolute atomic E-state index is 6.00. The molecule has 0 radical (unpaired) electrons. The third-order valence-corrected chi connectivity index (χ3v) is 6.04. The number of nitrogens with zero attached hydrogens (tertiary/aromatic N) is 4. The minimum Gasteiger partial charge on any atom is -0.323 e. The molecule has 8 heteroatoms. The van der Waals surface area contributed by atoms with Gasteiger partial charge in [0, 0.05) is 16.3 Å². The van der Waals surface area contributed by atoms with Gasteiger partial charge >= 0.3 is 0 Å². The second-order valence-corrected chi connectivity index (χ2v) is 8.72. The minimum atomic E-state index is -0.0190. The van der Waals surface area contributed by atoms with Gasteiger partial charge in [-0.2, -0.15) is 5.10 Å². The molecule has 0 aliphatic carbocycles. The Morgan fingerprint density at radius 3 is 2.88 bits per heavy atom. The van der Waals surface area contributed by atoms with Gasteiger partial charge in [0.15, 0.2) is 5.82 Å². The molecule has 3 aromatic rings. The number of thiazole rings is 1. The van der Waals surface area contributed by atoms with Crippen molar-refractivity contribution >= 4 is 44.9 Å². The number of hydrogen-bond donors (Lipinski definition) is 2. The van der Waals surface area contributed by atoms with Crippen molar-refractivity contribution in [2.24, 2.45) is 10.8 Å². The second kappa shape index (κ2) is 7.15. The average Bonchev–Trinajstić information content (AvgIpc) is 3.20. The third kappa shape index (κ3) is 4.02. The Bertz CT molecular complexity index is 890. The summed E-state index contributed by atoms with van der Waals surface area (Å²) in [7, 11) is 0. The summed E-state index contributed by atoms with van der Waals surface area (Å²) in [6.07, 6.45) is 4.12. The first kappa shape index (κ1) is 17.9. The number of hydrazone groups is 1. The van der Waals surface area contributed by atoms with Gasteiger partial charge in [-0.1, -0.05) is 27.7 Å². The second-order valence-electron chi connectivity index (χ2n) is 6.80. The van der Waals surface area contributed by atoms with Gasteiger partial charge in [0.05, 0.1) is 17.3 Å². The van der Waals surface area contributed by atoms with Crippen molar-refractivity contribution in [3.63, 3.8) is 0 Å². The standard InChI is InChI=1S/C17H22N6S2/c1-5-11(18)12-8-24-14(22-12)7-21-23-15-10-6-13(17(2,3)4)25-16(10)20-9-19-15/h6-9,11H,5,18H2,1-4H3,(H,19,20,23)/b21-7+. The highest BCUT2D eigenvalue weighted by Gasteiger charge is 2.18. The van der Waals surface area contributed by atoms with Gasteiger partial charge in [0.25, 0.3) is 0 Å². The van der Waals surface area contributed by atoms with Crippen LogP contribution in [0.15, 0.2) is 22.9 Å². The van der Waals surface area contributed by atoms with Crippen LogP contribution in [-0.2, 0) is 5.41 Å². The van der Waals surface area contributed by atoms with Crippen LogP contribution in [0.2, 0.25) is 0 Å². The van der Waals surface area contributed by atoms with Crippen LogP contribution in [-0.4, -0.2) is 21.2 Å². The van der Waals surface area contributed by atoms with E-state index in [9.17, 15) is 0 Å². The Morgan fingerprint density at radius 2 is 2.16 bits per heavy atom. The van der Waals surface area contributed by atoms with E-state index in [2.05, 4.69) is 52.3 Å². The molecule has 132 valence electrons. The smallest absolute Gasteiger partial charge is 0.158 e. The molecule has 1 atom stereocenters. The fourth-order valence-electron chi connectivity index (χ4n) is 2.20. The van der Waals surface area contributed by atoms with Crippen LogP contribution in [0.1, 0.15) is 55.7 Å². The van der Waals surface area contributed by atoms with Crippen molar-refractivity contribution in [3.8, 4) is 0 Å². The maximum atomic E-state index is 6.00. The minimum absolute atomic E-state index is 0.0190. The van der Waals surface area contributed by atoms with E-state index in [1.807, 2.05) is 12.3 Å². The number of aromatic nitrogens is 3. The van der Waals surface area contributed by atoms with E-state index in [1.165, 1.54) is 16.2 Å². The summed E-state index contributed by atoms with van der Waals surface area (Å²) in [6.45, 7) is 8.62. The lowest BCUT2D eigenvalue weighted by Gasteiger charge is -2.14. The predicted molar refractivity (Wildman–Crippen MR) is 107 cm³/mol. The SMILES string of the molecule is CCC(N)c1csc(/C=N/Nc2ncnc3sc(C(C)(C)C)cc23)n1. The summed E-state index contributed by atoms with van der Waals surface area (Å²) < 4.78 is 0. The molecule has 6 nitrogen and oxygen atoms in total. The predicted octanol–water partition coefficient (Wildman–Crippen LogP) is 4.30. The van der Waals surface area contributed by atoms with Crippen molar-refractivity contribution < 1.29 is 0 Å². The van der Waals surface area contributed by atoms with Crippen molar-refractivity contribution in [2.45, 2.75) is 45.6 Å². The van der Waals surface area contributed by atoms with Crippen LogP contribution in [0.4, 0.5) is 5.82 Å². The van der Waals surface area contributed by atoms with Gasteiger partial charge in [-0.25, -0.2) is 15.0 Å². The fourth-order valence-corrected chi connectivity index (χ4v) is 4.00. The highest BCUT2D eigenvalue weighted by molar-refractivity contribution is 7.18. The molecular formula is C17H22N6S2. The fraction of sp³-hybridized carbons (Fsp3) is 0.412. The third-order valence-electron chi connectivity index (χ3n) is 3.77. The summed E-state index contributed by atoms with van der Waals surface area (Å²) in [6, 6.07) is 2.12. The number of thiophene rings is 1. The molecule has 3 heterocycles. The zero-order chi connectivity index (χ0) is 18.0.